The number of aromatic amines is 1. The maximum Gasteiger partial charge on any atom is 0.288 e. The highest BCUT2D eigenvalue weighted by Gasteiger charge is 2.56. The zero-order valence-electron chi connectivity index (χ0n) is 22.8. The number of nitrogens with one attached hydrogen (secondary N) is 1. The van der Waals surface area contributed by atoms with Crippen LogP contribution >= 0.6 is 0 Å². The molecule has 216 valence electrons. The van der Waals surface area contributed by atoms with Gasteiger partial charge < -0.3 is 24.8 Å². The third-order valence-electron chi connectivity index (χ3n) is 8.22. The number of morpholine rings is 1. The number of hydrogen-bond donors (Lipinski definition) is 3. The lowest BCUT2D eigenvalue weighted by Crippen LogP contribution is -2.74. The van der Waals surface area contributed by atoms with Crippen molar-refractivity contribution in [1.29, 1.82) is 0 Å². The van der Waals surface area contributed by atoms with Crippen molar-refractivity contribution in [3.8, 4) is 17.1 Å². The molecule has 41 heavy (non-hydrogen) atoms. The van der Waals surface area contributed by atoms with Gasteiger partial charge in [-0.3, -0.25) is 0 Å². The summed E-state index contributed by atoms with van der Waals surface area (Å²) in [5, 5.41) is 27.5. The van der Waals surface area contributed by atoms with E-state index in [1.54, 1.807) is 4.68 Å². The molecule has 2 bridgehead atoms. The molecule has 13 nitrogen and oxygen atoms in total. The van der Waals surface area contributed by atoms with Crippen LogP contribution in [-0.4, -0.2) is 110 Å². The van der Waals surface area contributed by atoms with Crippen molar-refractivity contribution < 1.29 is 23.4 Å². The number of nitrogens with zero attached hydrogens (tertiary/aromatic N) is 7. The minimum absolute atomic E-state index is 0.0601. The van der Waals surface area contributed by atoms with Crippen molar-refractivity contribution >= 4 is 26.9 Å². The number of aliphatic hydroxyl groups is 2. The third-order valence-corrected chi connectivity index (χ3v) is 9.46. The molecule has 0 radical (unpaired) electrons. The number of imidazole rings is 1. The number of anilines is 1. The van der Waals surface area contributed by atoms with Crippen molar-refractivity contribution in [3.63, 3.8) is 0 Å². The smallest absolute Gasteiger partial charge is 0.288 e. The molecule has 3 fully saturated rings. The number of pyridine rings is 1. The average Bonchev–Trinajstić information content (AvgIpc) is 3.61. The number of sulfonamides is 1. The molecular formula is C27H32N8O5S. The Kier molecular flexibility index (Phi) is 6.19. The van der Waals surface area contributed by atoms with Crippen LogP contribution in [0.25, 0.3) is 28.2 Å². The van der Waals surface area contributed by atoms with Crippen LogP contribution in [0, 0.1) is 6.92 Å². The molecule has 3 aromatic heterocycles. The van der Waals surface area contributed by atoms with Crippen molar-refractivity contribution in [3.05, 3.63) is 54.0 Å². The van der Waals surface area contributed by atoms with E-state index in [2.05, 4.69) is 20.9 Å². The number of benzene rings is 1. The number of aryl methyl sites for hydroxylation is 1. The van der Waals surface area contributed by atoms with Gasteiger partial charge in [-0.05, 0) is 25.5 Å². The SMILES string of the molecule is Cc1cccc(-c2ccn(-c3cc(N4CCOCC4)c4[nH]c(C(O)(O)N5C6CC5CN(S(C)(=O)=O)C6)nc4n3)n2)c1. The minimum Gasteiger partial charge on any atom is -0.378 e. The number of hydrogen-bond acceptors (Lipinski definition) is 10. The summed E-state index contributed by atoms with van der Waals surface area (Å²) in [6.07, 6.45) is 3.70. The summed E-state index contributed by atoms with van der Waals surface area (Å²) in [7, 11) is -3.36. The Morgan fingerprint density at radius 2 is 1.83 bits per heavy atom. The molecule has 7 rings (SSSR count). The Balaban J connectivity index is 1.27. The number of fused-ring (bicyclic) bond motifs is 3. The van der Waals surface area contributed by atoms with Crippen molar-refractivity contribution in [2.24, 2.45) is 0 Å². The van der Waals surface area contributed by atoms with E-state index in [4.69, 9.17) is 14.8 Å². The van der Waals surface area contributed by atoms with Crippen LogP contribution in [0.1, 0.15) is 17.8 Å². The van der Waals surface area contributed by atoms with Crippen LogP contribution in [0.3, 0.4) is 0 Å². The van der Waals surface area contributed by atoms with Gasteiger partial charge in [-0.25, -0.2) is 28.0 Å². The molecular weight excluding hydrogens is 548 g/mol. The van der Waals surface area contributed by atoms with E-state index < -0.39 is 15.9 Å². The maximum absolute atomic E-state index is 12.1. The molecule has 3 aliphatic rings. The summed E-state index contributed by atoms with van der Waals surface area (Å²) >= 11 is 0. The van der Waals surface area contributed by atoms with Gasteiger partial charge in [0.05, 0.1) is 30.9 Å². The Morgan fingerprint density at radius 1 is 1.07 bits per heavy atom. The molecule has 0 amide bonds. The number of piperidine rings is 1. The lowest BCUT2D eigenvalue weighted by molar-refractivity contribution is -0.338. The first-order valence-corrected chi connectivity index (χ1v) is 15.5. The second-order valence-corrected chi connectivity index (χ2v) is 13.0. The topological polar surface area (TPSA) is 153 Å². The Hall–Kier alpha value is -3.40. The van der Waals surface area contributed by atoms with E-state index in [0.29, 0.717) is 49.7 Å². The Morgan fingerprint density at radius 3 is 2.54 bits per heavy atom. The maximum atomic E-state index is 12.1. The van der Waals surface area contributed by atoms with Crippen molar-refractivity contribution in [2.75, 3.05) is 50.5 Å². The highest BCUT2D eigenvalue weighted by Crippen LogP contribution is 2.41. The first-order chi connectivity index (χ1) is 19.6. The Labute approximate surface area is 237 Å². The average molecular weight is 581 g/mol. The second-order valence-electron chi connectivity index (χ2n) is 11.1. The molecule has 14 heteroatoms. The number of ether oxygens (including phenoxy) is 1. The number of H-pyrrole nitrogens is 1. The van der Waals surface area contributed by atoms with Gasteiger partial charge in [0, 0.05) is 56.1 Å². The molecule has 2 unspecified atom stereocenters. The van der Waals surface area contributed by atoms with Gasteiger partial charge in [-0.1, -0.05) is 23.8 Å². The van der Waals surface area contributed by atoms with Crippen LogP contribution in [0.5, 0.6) is 0 Å². The van der Waals surface area contributed by atoms with E-state index in [1.165, 1.54) is 15.5 Å². The van der Waals surface area contributed by atoms with Gasteiger partial charge in [-0.15, -0.1) is 0 Å². The number of rotatable bonds is 6. The zero-order valence-corrected chi connectivity index (χ0v) is 23.6. The quantitative estimate of drug-likeness (QED) is 0.279. The minimum atomic E-state index is -3.36. The predicted octanol–water partition coefficient (Wildman–Crippen LogP) is 0.769. The predicted molar refractivity (Wildman–Crippen MR) is 151 cm³/mol. The number of aromatic nitrogens is 5. The molecule has 6 heterocycles. The fourth-order valence-electron chi connectivity index (χ4n) is 6.17. The van der Waals surface area contributed by atoms with Crippen LogP contribution in [0.15, 0.2) is 42.6 Å². The Bertz CT molecular complexity index is 1720. The monoisotopic (exact) mass is 580 g/mol. The fourth-order valence-corrected chi connectivity index (χ4v) is 7.06. The highest BCUT2D eigenvalue weighted by molar-refractivity contribution is 7.88. The molecule has 0 saturated carbocycles. The first kappa shape index (κ1) is 26.5. The van der Waals surface area contributed by atoms with Gasteiger partial charge >= 0.3 is 0 Å². The molecule has 0 aliphatic carbocycles. The van der Waals surface area contributed by atoms with E-state index in [-0.39, 0.29) is 31.0 Å². The number of likely N-dealkylation sites (tertiary alicyclic amines) is 1. The highest BCUT2D eigenvalue weighted by atomic mass is 32.2. The normalized spacial score (nSPS) is 22.3. The summed E-state index contributed by atoms with van der Waals surface area (Å²) in [6, 6.07) is 11.3. The zero-order chi connectivity index (χ0) is 28.5. The van der Waals surface area contributed by atoms with Gasteiger partial charge in [0.2, 0.25) is 10.0 Å². The van der Waals surface area contributed by atoms with Gasteiger partial charge in [0.25, 0.3) is 5.91 Å². The standard InChI is InChI=1S/C27H32N8O5S/c1-17-4-3-5-18(12-17)21-6-7-34(31-21)23-14-22(32-8-10-40-11-9-32)24-25(28-23)30-26(29-24)27(36,37)35-19-13-20(35)16-33(15-19)41(2,38)39/h3-7,12,14,19-20,36-37H,8-11,13,15-16H2,1-2H3,(H,28,29,30). The van der Waals surface area contributed by atoms with E-state index in [1.807, 2.05) is 43.5 Å². The van der Waals surface area contributed by atoms with Crippen LogP contribution in [0.4, 0.5) is 5.69 Å². The van der Waals surface area contributed by atoms with Crippen molar-refractivity contribution in [2.45, 2.75) is 31.3 Å². The summed E-state index contributed by atoms with van der Waals surface area (Å²) in [5.74, 6) is -1.94. The second kappa shape index (κ2) is 9.58. The summed E-state index contributed by atoms with van der Waals surface area (Å²) in [6.45, 7) is 4.87. The lowest BCUT2D eigenvalue weighted by atomic mass is 9.87. The van der Waals surface area contributed by atoms with Gasteiger partial charge in [-0.2, -0.15) is 9.40 Å². The van der Waals surface area contributed by atoms with E-state index >= 15 is 0 Å². The molecule has 0 spiro atoms. The van der Waals surface area contributed by atoms with Crippen LogP contribution < -0.4 is 4.90 Å². The van der Waals surface area contributed by atoms with Crippen LogP contribution in [-0.2, 0) is 20.7 Å². The summed E-state index contributed by atoms with van der Waals surface area (Å²) in [4.78, 5) is 16.1. The van der Waals surface area contributed by atoms with E-state index in [0.717, 1.165) is 22.5 Å². The summed E-state index contributed by atoms with van der Waals surface area (Å²) in [5.41, 5.74) is 4.66. The third kappa shape index (κ3) is 4.60. The lowest BCUT2D eigenvalue weighted by Gasteiger charge is -2.58. The number of piperazine rings is 1. The molecule has 2 atom stereocenters. The molecule has 3 saturated heterocycles. The largest absolute Gasteiger partial charge is 0.378 e. The van der Waals surface area contributed by atoms with Crippen LogP contribution in [0.2, 0.25) is 0 Å². The van der Waals surface area contributed by atoms with Gasteiger partial charge in [0.1, 0.15) is 5.52 Å². The van der Waals surface area contributed by atoms with Crippen molar-refractivity contribution in [1.82, 2.24) is 33.9 Å². The van der Waals surface area contributed by atoms with Gasteiger partial charge in [0.15, 0.2) is 17.3 Å². The molecule has 3 N–H and O–H groups in total. The molecule has 3 aliphatic heterocycles. The molecule has 4 aromatic rings. The summed E-state index contributed by atoms with van der Waals surface area (Å²) < 4.78 is 32.8. The van der Waals surface area contributed by atoms with E-state index in [9.17, 15) is 18.6 Å². The fraction of sp³-hybridized carbons (Fsp3) is 0.444. The molecule has 1 aromatic carbocycles. The first-order valence-electron chi connectivity index (χ1n) is 13.6.